The number of fused-ring (bicyclic) bond motifs is 3. The molecule has 0 saturated carbocycles. The number of nitrogens with one attached hydrogen (secondary N) is 1. The summed E-state index contributed by atoms with van der Waals surface area (Å²) < 4.78 is 102. The predicted molar refractivity (Wildman–Crippen MR) is 69.8 cm³/mol. The lowest BCUT2D eigenvalue weighted by Gasteiger charge is -2.11. The molecule has 3 rings (SSSR count). The van der Waals surface area contributed by atoms with Gasteiger partial charge in [0.25, 0.3) is 0 Å². The molecular weight excluding hydrogens is 212 g/mol. The molecule has 0 spiro atoms. The number of hydrogen-bond donors (Lipinski definition) is 1. The van der Waals surface area contributed by atoms with Crippen molar-refractivity contribution >= 4 is 10.9 Å². The largest absolute Gasteiger partial charge is 0.497 e. The Labute approximate surface area is 118 Å². The van der Waals surface area contributed by atoms with Crippen LogP contribution in [0.3, 0.4) is 0 Å². The van der Waals surface area contributed by atoms with Crippen LogP contribution in [0.15, 0.2) is 18.1 Å². The van der Waals surface area contributed by atoms with Crippen molar-refractivity contribution in [1.82, 2.24) is 9.88 Å². The lowest BCUT2D eigenvalue weighted by molar-refractivity contribution is 0.352. The van der Waals surface area contributed by atoms with Crippen LogP contribution in [0.1, 0.15) is 27.7 Å². The Hall–Kier alpha value is -1.48. The van der Waals surface area contributed by atoms with E-state index in [0.717, 1.165) is 0 Å². The second-order valence-electron chi connectivity index (χ2n) is 3.53. The van der Waals surface area contributed by atoms with Gasteiger partial charge in [-0.1, -0.05) is 0 Å². The number of benzene rings is 1. The van der Waals surface area contributed by atoms with E-state index in [1.165, 1.54) is 7.11 Å². The monoisotopic (exact) mass is 242 g/mol. The molecule has 1 N–H and O–H groups in total. The molecule has 3 heteroatoms. The third kappa shape index (κ3) is 1.80. The lowest BCUT2D eigenvalue weighted by atomic mass is 10.1. The summed E-state index contributed by atoms with van der Waals surface area (Å²) in [6, 6.07) is -1.45. The molecule has 1 aromatic carbocycles. The number of H-pyrrole nitrogens is 1. The molecule has 2 aromatic rings. The van der Waals surface area contributed by atoms with Crippen LogP contribution in [0.5, 0.6) is 5.75 Å². The van der Waals surface area contributed by atoms with Gasteiger partial charge in [0.05, 0.1) is 11.2 Å². The minimum Gasteiger partial charge on any atom is -0.497 e. The van der Waals surface area contributed by atoms with Crippen LogP contribution in [-0.2, 0) is 12.7 Å². The van der Waals surface area contributed by atoms with E-state index in [9.17, 15) is 0 Å². The van der Waals surface area contributed by atoms with Gasteiger partial charge in [0.2, 0.25) is 0 Å². The first kappa shape index (κ1) is 3.75. The Morgan fingerprint density at radius 1 is 1.53 bits per heavy atom. The van der Waals surface area contributed by atoms with Crippen molar-refractivity contribution in [2.75, 3.05) is 27.1 Å². The van der Waals surface area contributed by atoms with E-state index in [1.807, 2.05) is 0 Å². The van der Waals surface area contributed by atoms with Crippen LogP contribution in [0, 0.1) is 0 Å². The fourth-order valence-electron chi connectivity index (χ4n) is 1.68. The van der Waals surface area contributed by atoms with Crippen molar-refractivity contribution in [2.45, 2.75) is 12.7 Å². The summed E-state index contributed by atoms with van der Waals surface area (Å²) in [5, 5.41) is -0.270. The van der Waals surface area contributed by atoms with Gasteiger partial charge in [-0.3, -0.25) is 0 Å². The highest BCUT2D eigenvalue weighted by Crippen LogP contribution is 2.28. The first-order valence-corrected chi connectivity index (χ1v) is 4.98. The smallest absolute Gasteiger partial charge is 0.120 e. The van der Waals surface area contributed by atoms with Crippen molar-refractivity contribution in [3.63, 3.8) is 0 Å². The molecule has 0 saturated heterocycles. The summed E-state index contributed by atoms with van der Waals surface area (Å²) in [7, 11) is 1.19. The summed E-state index contributed by atoms with van der Waals surface area (Å²) in [4.78, 5) is 2.65. The number of ether oxygens (including phenoxy) is 1. The molecule has 1 aromatic heterocycles. The summed E-state index contributed by atoms with van der Waals surface area (Å²) in [6.07, 6.45) is -5.66. The van der Waals surface area contributed by atoms with Gasteiger partial charge < -0.3 is 14.6 Å². The molecule has 0 amide bonds. The minimum atomic E-state index is -3.16. The van der Waals surface area contributed by atoms with Crippen molar-refractivity contribution in [1.29, 1.82) is 0 Å². The third-order valence-electron chi connectivity index (χ3n) is 2.47. The van der Waals surface area contributed by atoms with E-state index in [0.29, 0.717) is 0 Å². The number of nitrogens with zero attached hydrogens (tertiary/aromatic N) is 1. The summed E-state index contributed by atoms with van der Waals surface area (Å²) in [5.41, 5.74) is -1.26. The fourth-order valence-corrected chi connectivity index (χ4v) is 1.68. The van der Waals surface area contributed by atoms with Gasteiger partial charge >= 0.3 is 0 Å². The molecule has 0 unspecified atom stereocenters. The van der Waals surface area contributed by atoms with Crippen molar-refractivity contribution in [3.05, 3.63) is 29.4 Å². The molecule has 17 heavy (non-hydrogen) atoms. The zero-order chi connectivity index (χ0) is 22.3. The zero-order valence-electron chi connectivity index (χ0n) is 21.1. The van der Waals surface area contributed by atoms with E-state index in [-0.39, 0.29) is 21.6 Å². The number of rotatable bonds is 1. The number of aromatic amines is 1. The van der Waals surface area contributed by atoms with Gasteiger partial charge in [0.15, 0.2) is 0 Å². The van der Waals surface area contributed by atoms with E-state index in [4.69, 9.17) is 21.2 Å². The average Bonchev–Trinajstić information content (AvgIpc) is 2.97. The number of hydrogen-bond acceptors (Lipinski definition) is 2. The Kier molecular flexibility index (Phi) is 0.900. The van der Waals surface area contributed by atoms with Gasteiger partial charge in [-0.15, -0.1) is 0 Å². The molecular formula is C14H18N2O. The SMILES string of the molecule is [2H]c1c(OC)c([2H])c2[nH]c3c(c2c1[2H])C([2H])([2H])CN(C([2H])([2H])[2H])C([2H])([2H])C3([2H])[2H]. The highest BCUT2D eigenvalue weighted by atomic mass is 16.5. The predicted octanol–water partition coefficient (Wildman–Crippen LogP) is 2.21. The number of likely N-dealkylation sites (N-methyl/N-ethyl adjacent to an activating group) is 1. The van der Waals surface area contributed by atoms with Gasteiger partial charge in [-0.05, 0) is 31.0 Å². The third-order valence-corrected chi connectivity index (χ3v) is 2.47. The van der Waals surface area contributed by atoms with E-state index in [1.54, 1.807) is 0 Å². The second-order valence-corrected chi connectivity index (χ2v) is 3.53. The van der Waals surface area contributed by atoms with Gasteiger partial charge in [0.1, 0.15) is 5.75 Å². The quantitative estimate of drug-likeness (QED) is 0.830. The van der Waals surface area contributed by atoms with Crippen LogP contribution in [0.4, 0.5) is 0 Å². The van der Waals surface area contributed by atoms with Crippen molar-refractivity contribution < 1.29 is 21.2 Å². The minimum absolute atomic E-state index is 0.149. The number of methoxy groups -OCH3 is 1. The lowest BCUT2D eigenvalue weighted by Crippen LogP contribution is -2.21. The average molecular weight is 242 g/mol. The highest BCUT2D eigenvalue weighted by molar-refractivity contribution is 5.86. The molecule has 0 aliphatic carbocycles. The molecule has 0 bridgehead atoms. The second kappa shape index (κ2) is 4.08. The maximum Gasteiger partial charge on any atom is 0.120 e. The van der Waals surface area contributed by atoms with Crippen LogP contribution < -0.4 is 4.74 Å². The van der Waals surface area contributed by atoms with Crippen LogP contribution in [0.25, 0.3) is 10.9 Å². The summed E-state index contributed by atoms with van der Waals surface area (Å²) in [5.74, 6) is -0.271. The Morgan fingerprint density at radius 3 is 3.29 bits per heavy atom. The molecule has 90 valence electrons. The van der Waals surface area contributed by atoms with E-state index >= 15 is 0 Å². The topological polar surface area (TPSA) is 28.3 Å². The molecule has 0 atom stereocenters. The molecule has 2 heterocycles. The fraction of sp³-hybridized carbons (Fsp3) is 0.429. The van der Waals surface area contributed by atoms with Crippen LogP contribution in [-0.4, -0.2) is 37.0 Å². The van der Waals surface area contributed by atoms with Crippen LogP contribution >= 0.6 is 0 Å². The molecule has 1 aliphatic rings. The molecule has 0 fully saturated rings. The Bertz CT molecular complexity index is 993. The first-order valence-electron chi connectivity index (χ1n) is 11.0. The number of aromatic nitrogens is 1. The van der Waals surface area contributed by atoms with Gasteiger partial charge in [-0.2, -0.15) is 0 Å². The molecule has 1 aliphatic heterocycles. The normalized spacial score (nSPS) is 36.8. The van der Waals surface area contributed by atoms with Gasteiger partial charge in [-0.25, -0.2) is 0 Å². The van der Waals surface area contributed by atoms with Crippen molar-refractivity contribution in [2.24, 2.45) is 0 Å². The number of aryl methyl sites for hydroxylation is 1. The Balaban J connectivity index is 2.51. The zero-order valence-corrected chi connectivity index (χ0v) is 9.06. The van der Waals surface area contributed by atoms with Crippen molar-refractivity contribution in [3.8, 4) is 5.75 Å². The van der Waals surface area contributed by atoms with E-state index < -0.39 is 62.1 Å². The molecule has 3 nitrogen and oxygen atoms in total. The highest BCUT2D eigenvalue weighted by Gasteiger charge is 2.16. The maximum atomic E-state index is 8.43. The van der Waals surface area contributed by atoms with Gasteiger partial charge in [0, 0.05) is 54.4 Å². The van der Waals surface area contributed by atoms with E-state index in [2.05, 4.69) is 4.98 Å². The molecule has 0 radical (unpaired) electrons. The summed E-state index contributed by atoms with van der Waals surface area (Å²) in [6.45, 7) is -7.32. The standard InChI is InChI=1S/C14H18N2O/c1-16-7-5-12-11-4-3-10(17-2)9-14(11)15-13(12)6-8-16/h3-4,9,15H,5-8H2,1-2H3/i1D3,3D,4D,5D2,6D2,8D2,9D. The Morgan fingerprint density at radius 2 is 2.47 bits per heavy atom. The first-order chi connectivity index (χ1) is 13.0. The maximum absolute atomic E-state index is 8.43. The summed E-state index contributed by atoms with van der Waals surface area (Å²) >= 11 is 0. The van der Waals surface area contributed by atoms with Crippen LogP contribution in [0.2, 0.25) is 0 Å².